The van der Waals surface area contributed by atoms with Crippen LogP contribution in [0.4, 0.5) is 34.1 Å². The van der Waals surface area contributed by atoms with Crippen LogP contribution in [0.5, 0.6) is 0 Å². The minimum atomic E-state index is -0.139. The zero-order valence-electron chi connectivity index (χ0n) is 59.2. The zero-order valence-corrected chi connectivity index (χ0v) is 60.8. The molecule has 4 heterocycles. The molecular weight excluding hydrogens is 1290 g/mol. The highest BCUT2D eigenvalue weighted by molar-refractivity contribution is 8.00. The molecule has 0 amide bonds. The number of hydrogen-bond acceptors (Lipinski definition) is 4. The van der Waals surface area contributed by atoms with Gasteiger partial charge < -0.3 is 9.80 Å². The zero-order chi connectivity index (χ0) is 70.0. The molecule has 0 N–H and O–H groups in total. The first-order chi connectivity index (χ1) is 50.8. The van der Waals surface area contributed by atoms with Gasteiger partial charge in [0.05, 0.1) is 5.69 Å². The Morgan fingerprint density at radius 3 is 0.913 bits per heavy atom. The van der Waals surface area contributed by atoms with Gasteiger partial charge >= 0.3 is 0 Å². The number of anilines is 6. The normalized spacial score (nSPS) is 13.1. The van der Waals surface area contributed by atoms with Crippen molar-refractivity contribution in [3.8, 4) is 89.0 Å². The Labute approximate surface area is 621 Å². The van der Waals surface area contributed by atoms with Gasteiger partial charge in [-0.3, -0.25) is 0 Å². The summed E-state index contributed by atoms with van der Waals surface area (Å²) in [6.07, 6.45) is 0. The molecule has 4 aliphatic rings. The van der Waals surface area contributed by atoms with Crippen LogP contribution in [0.3, 0.4) is 0 Å². The van der Waals surface area contributed by atoms with E-state index in [-0.39, 0.29) is 24.3 Å². The molecule has 15 aromatic carbocycles. The molecule has 2 nitrogen and oxygen atoms in total. The standard InChI is InChI=1S/C98H74B2N2S2/c1-97(2,3)77-45-47-82-90(59-77)103-92-57-75(73-51-69(63-29-14-7-15-30-63)49-70(52-73)64-31-16-8-17-32-64)55-88-94(92)99(82)84-61-85-87(62-86(84)101(88)79-41-26-13-27-42-79)102(96-80(67-37-22-11-23-38-67)43-28-44-81(96)68-39-24-12-25-40-68)89-56-76(58-93-95(89)100(85)83-48-46-78(98(4,5)6)60-91(83)104-93)74-53-71(65-33-18-9-19-34-65)50-72(54-74)66-35-20-10-21-36-66/h7-62H,1-6H3. The van der Waals surface area contributed by atoms with Gasteiger partial charge in [0.2, 0.25) is 13.4 Å². The Hall–Kier alpha value is -11.3. The number of hydrogen-bond donors (Lipinski definition) is 0. The molecule has 0 aliphatic carbocycles. The number of rotatable bonds is 10. The summed E-state index contributed by atoms with van der Waals surface area (Å²) in [5.74, 6) is 0. The summed E-state index contributed by atoms with van der Waals surface area (Å²) in [4.78, 5) is 10.5. The Morgan fingerprint density at radius 1 is 0.231 bits per heavy atom. The largest absolute Gasteiger partial charge is 0.311 e. The fourth-order valence-electron chi connectivity index (χ4n) is 16.6. The lowest BCUT2D eigenvalue weighted by atomic mass is 9.31. The average Bonchev–Trinajstić information content (AvgIpc) is 0.687. The molecule has 19 rings (SSSR count). The molecule has 0 spiro atoms. The van der Waals surface area contributed by atoms with Crippen molar-refractivity contribution in [3.63, 3.8) is 0 Å². The summed E-state index contributed by atoms with van der Waals surface area (Å²) in [5.41, 5.74) is 36.2. The molecule has 0 bridgehead atoms. The summed E-state index contributed by atoms with van der Waals surface area (Å²) in [6, 6.07) is 129. The van der Waals surface area contributed by atoms with E-state index in [1.807, 2.05) is 23.5 Å². The first kappa shape index (κ1) is 63.6. The highest BCUT2D eigenvalue weighted by Gasteiger charge is 2.48. The average molecular weight is 1370 g/mol. The van der Waals surface area contributed by atoms with Crippen molar-refractivity contribution in [3.05, 3.63) is 351 Å². The van der Waals surface area contributed by atoms with E-state index in [2.05, 4.69) is 391 Å². The monoisotopic (exact) mass is 1360 g/mol. The molecule has 0 unspecified atom stereocenters. The fraction of sp³-hybridized carbons (Fsp3) is 0.0816. The molecule has 0 saturated heterocycles. The minimum absolute atomic E-state index is 0.0700. The molecule has 6 heteroatoms. The maximum Gasteiger partial charge on any atom is 0.249 e. The molecule has 104 heavy (non-hydrogen) atoms. The Balaban J connectivity index is 0.942. The second kappa shape index (κ2) is 25.3. The molecule has 0 fully saturated rings. The quantitative estimate of drug-likeness (QED) is 0.126. The van der Waals surface area contributed by atoms with Gasteiger partial charge in [-0.1, -0.05) is 325 Å². The number of benzene rings is 15. The first-order valence-electron chi connectivity index (χ1n) is 36.4. The first-order valence-corrected chi connectivity index (χ1v) is 38.0. The number of nitrogens with zero attached hydrogens (tertiary/aromatic N) is 2. The van der Waals surface area contributed by atoms with Crippen molar-refractivity contribution >= 4 is 104 Å². The van der Waals surface area contributed by atoms with E-state index in [1.165, 1.54) is 136 Å². The lowest BCUT2D eigenvalue weighted by Crippen LogP contribution is -2.64. The molecule has 4 aliphatic heterocycles. The highest BCUT2D eigenvalue weighted by atomic mass is 32.2. The topological polar surface area (TPSA) is 6.48 Å². The molecule has 494 valence electrons. The van der Waals surface area contributed by atoms with Crippen LogP contribution in [-0.2, 0) is 10.8 Å². The van der Waals surface area contributed by atoms with Crippen LogP contribution in [-0.4, -0.2) is 13.4 Å². The second-order valence-electron chi connectivity index (χ2n) is 30.4. The van der Waals surface area contributed by atoms with Crippen LogP contribution in [0.25, 0.3) is 89.0 Å². The predicted octanol–water partition coefficient (Wildman–Crippen LogP) is 23.1. The Bertz CT molecular complexity index is 5700. The Kier molecular flexibility index (Phi) is 15.5. The van der Waals surface area contributed by atoms with E-state index in [1.54, 1.807) is 0 Å². The van der Waals surface area contributed by atoms with Crippen molar-refractivity contribution in [1.29, 1.82) is 0 Å². The maximum absolute atomic E-state index is 2.73. The Morgan fingerprint density at radius 2 is 0.548 bits per heavy atom. The smallest absolute Gasteiger partial charge is 0.249 e. The summed E-state index contributed by atoms with van der Waals surface area (Å²) in [5, 5.41) is 0. The van der Waals surface area contributed by atoms with Gasteiger partial charge in [-0.05, 0) is 213 Å². The third-order valence-electron chi connectivity index (χ3n) is 21.8. The minimum Gasteiger partial charge on any atom is -0.311 e. The molecule has 0 aromatic heterocycles. The van der Waals surface area contributed by atoms with Crippen LogP contribution in [0.1, 0.15) is 52.7 Å². The van der Waals surface area contributed by atoms with Gasteiger partial charge in [-0.15, -0.1) is 0 Å². The van der Waals surface area contributed by atoms with Crippen molar-refractivity contribution in [1.82, 2.24) is 0 Å². The van der Waals surface area contributed by atoms with Gasteiger partial charge in [0.25, 0.3) is 0 Å². The van der Waals surface area contributed by atoms with Crippen LogP contribution in [0.15, 0.2) is 359 Å². The third kappa shape index (κ3) is 11.1. The summed E-state index contributed by atoms with van der Waals surface area (Å²) in [7, 11) is 0. The number of para-hydroxylation sites is 2. The van der Waals surface area contributed by atoms with Crippen LogP contribution < -0.4 is 42.6 Å². The van der Waals surface area contributed by atoms with Crippen LogP contribution in [0, 0.1) is 0 Å². The van der Waals surface area contributed by atoms with E-state index in [4.69, 9.17) is 0 Å². The molecule has 0 radical (unpaired) electrons. The number of fused-ring (bicyclic) bond motifs is 8. The SMILES string of the molecule is CC(C)(C)c1ccc2c(c1)Sc1cc(-c3cc(-c4ccccc4)cc(-c4ccccc4)c3)cc3c1B2c1cc2c(cc1N3c1ccccc1)N(c1c(-c3ccccc3)cccc1-c1ccccc1)c1cc(-c3cc(-c4ccccc4)cc(-c4ccccc4)c3)cc3c1B2c1ccc(C(C)(C)C)cc1S3. The molecule has 15 aromatic rings. The van der Waals surface area contributed by atoms with E-state index in [0.29, 0.717) is 0 Å². The van der Waals surface area contributed by atoms with Crippen LogP contribution in [0.2, 0.25) is 0 Å². The van der Waals surface area contributed by atoms with E-state index in [9.17, 15) is 0 Å². The molecular formula is C98H74B2N2S2. The predicted molar refractivity (Wildman–Crippen MR) is 447 cm³/mol. The van der Waals surface area contributed by atoms with Crippen molar-refractivity contribution < 1.29 is 0 Å². The van der Waals surface area contributed by atoms with Crippen molar-refractivity contribution in [2.75, 3.05) is 9.80 Å². The van der Waals surface area contributed by atoms with Crippen molar-refractivity contribution in [2.45, 2.75) is 72.0 Å². The lowest BCUT2D eigenvalue weighted by molar-refractivity contribution is 0.588. The van der Waals surface area contributed by atoms with E-state index < -0.39 is 0 Å². The van der Waals surface area contributed by atoms with Gasteiger partial charge in [0, 0.05) is 59.1 Å². The molecule has 0 atom stereocenters. The third-order valence-corrected chi connectivity index (χ3v) is 24.1. The van der Waals surface area contributed by atoms with Crippen LogP contribution >= 0.6 is 23.5 Å². The fourth-order valence-corrected chi connectivity index (χ4v) is 19.1. The van der Waals surface area contributed by atoms with Gasteiger partial charge in [-0.2, -0.15) is 0 Å². The highest BCUT2D eigenvalue weighted by Crippen LogP contribution is 2.53. The lowest BCUT2D eigenvalue weighted by Gasteiger charge is -2.45. The van der Waals surface area contributed by atoms with Gasteiger partial charge in [0.15, 0.2) is 0 Å². The second-order valence-corrected chi connectivity index (χ2v) is 32.5. The van der Waals surface area contributed by atoms with Gasteiger partial charge in [0.1, 0.15) is 0 Å². The molecule has 0 saturated carbocycles. The summed E-state index contributed by atoms with van der Waals surface area (Å²) >= 11 is 3.90. The summed E-state index contributed by atoms with van der Waals surface area (Å²) in [6.45, 7) is 13.9. The van der Waals surface area contributed by atoms with E-state index >= 15 is 0 Å². The maximum atomic E-state index is 2.73. The van der Waals surface area contributed by atoms with E-state index in [0.717, 1.165) is 50.6 Å². The van der Waals surface area contributed by atoms with Crippen molar-refractivity contribution in [2.24, 2.45) is 0 Å². The summed E-state index contributed by atoms with van der Waals surface area (Å²) < 4.78 is 0. The van der Waals surface area contributed by atoms with Gasteiger partial charge in [-0.25, -0.2) is 0 Å².